The smallest absolute Gasteiger partial charge is 0.185 e. The SMILES string of the molecule is C=CCCCCCCCCCC1COC(c2ccc(-c3ccccc3C(CCC)CCCC)nc2)OC1. The molecule has 3 rings (SSSR count). The van der Waals surface area contributed by atoms with Gasteiger partial charge in [-0.2, -0.15) is 0 Å². The Balaban J connectivity index is 1.45. The van der Waals surface area contributed by atoms with Crippen LogP contribution >= 0.6 is 0 Å². The molecule has 0 amide bonds. The fraction of sp³-hybridized carbons (Fsp3) is 0.618. The highest BCUT2D eigenvalue weighted by molar-refractivity contribution is 5.64. The van der Waals surface area contributed by atoms with Crippen molar-refractivity contribution in [1.29, 1.82) is 0 Å². The van der Waals surface area contributed by atoms with E-state index in [0.717, 1.165) is 30.9 Å². The third-order valence-electron chi connectivity index (χ3n) is 7.77. The van der Waals surface area contributed by atoms with Crippen LogP contribution in [0, 0.1) is 5.92 Å². The predicted octanol–water partition coefficient (Wildman–Crippen LogP) is 10.2. The molecule has 0 spiro atoms. The molecule has 2 aromatic rings. The molecule has 1 saturated heterocycles. The zero-order valence-electron chi connectivity index (χ0n) is 23.6. The monoisotopic (exact) mass is 505 g/mol. The Labute approximate surface area is 227 Å². The van der Waals surface area contributed by atoms with Gasteiger partial charge in [0.1, 0.15) is 0 Å². The normalized spacial score (nSPS) is 18.5. The predicted molar refractivity (Wildman–Crippen MR) is 157 cm³/mol. The topological polar surface area (TPSA) is 31.4 Å². The van der Waals surface area contributed by atoms with E-state index in [9.17, 15) is 0 Å². The molecule has 1 aliphatic rings. The van der Waals surface area contributed by atoms with Gasteiger partial charge in [0, 0.05) is 23.2 Å². The van der Waals surface area contributed by atoms with Crippen molar-refractivity contribution in [1.82, 2.24) is 4.98 Å². The molecule has 1 aromatic heterocycles. The van der Waals surface area contributed by atoms with Crippen LogP contribution in [0.25, 0.3) is 11.3 Å². The number of benzene rings is 1. The van der Waals surface area contributed by atoms with Crippen molar-refractivity contribution in [2.24, 2.45) is 5.92 Å². The molecule has 0 bridgehead atoms. The average Bonchev–Trinajstić information content (AvgIpc) is 2.95. The molecule has 0 N–H and O–H groups in total. The largest absolute Gasteiger partial charge is 0.348 e. The second-order valence-corrected chi connectivity index (χ2v) is 10.9. The minimum absolute atomic E-state index is 0.291. The summed E-state index contributed by atoms with van der Waals surface area (Å²) in [6, 6.07) is 13.1. The number of ether oxygens (including phenoxy) is 2. The van der Waals surface area contributed by atoms with Crippen molar-refractivity contribution in [3.63, 3.8) is 0 Å². The summed E-state index contributed by atoms with van der Waals surface area (Å²) >= 11 is 0. The summed E-state index contributed by atoms with van der Waals surface area (Å²) in [6.45, 7) is 9.93. The maximum Gasteiger partial charge on any atom is 0.185 e. The van der Waals surface area contributed by atoms with E-state index in [2.05, 4.69) is 56.8 Å². The number of aromatic nitrogens is 1. The average molecular weight is 506 g/mol. The standard InChI is InChI=1S/C34H51NO2/c1-4-7-9-10-11-12-13-14-15-19-28-26-36-34(37-27-28)30-23-24-33(35-25-30)32-22-17-16-21-31(32)29(18-6-3)20-8-5-2/h4,16-17,21-25,28-29,34H,1,5-15,18-20,26-27H2,2-3H3. The van der Waals surface area contributed by atoms with Crippen LogP contribution in [0.15, 0.2) is 55.3 Å². The van der Waals surface area contributed by atoms with E-state index < -0.39 is 0 Å². The zero-order chi connectivity index (χ0) is 26.1. The van der Waals surface area contributed by atoms with Crippen molar-refractivity contribution >= 4 is 0 Å². The van der Waals surface area contributed by atoms with Gasteiger partial charge < -0.3 is 9.47 Å². The van der Waals surface area contributed by atoms with Crippen LogP contribution in [0.1, 0.15) is 127 Å². The van der Waals surface area contributed by atoms with Crippen molar-refractivity contribution < 1.29 is 9.47 Å². The summed E-state index contributed by atoms with van der Waals surface area (Å²) in [5, 5.41) is 0. The van der Waals surface area contributed by atoms with E-state index >= 15 is 0 Å². The molecular formula is C34H51NO2. The molecule has 0 radical (unpaired) electrons. The van der Waals surface area contributed by atoms with Crippen LogP contribution in [-0.4, -0.2) is 18.2 Å². The molecule has 1 unspecified atom stereocenters. The molecule has 1 atom stereocenters. The van der Waals surface area contributed by atoms with E-state index in [4.69, 9.17) is 14.5 Å². The molecule has 1 aromatic carbocycles. The molecule has 3 heteroatoms. The summed E-state index contributed by atoms with van der Waals surface area (Å²) in [5.41, 5.74) is 4.78. The third-order valence-corrected chi connectivity index (χ3v) is 7.77. The van der Waals surface area contributed by atoms with Crippen LogP contribution in [0.2, 0.25) is 0 Å². The van der Waals surface area contributed by atoms with Gasteiger partial charge in [-0.25, -0.2) is 0 Å². The first-order valence-corrected chi connectivity index (χ1v) is 15.2. The maximum absolute atomic E-state index is 6.12. The second-order valence-electron chi connectivity index (χ2n) is 10.9. The summed E-state index contributed by atoms with van der Waals surface area (Å²) in [4.78, 5) is 4.86. The number of rotatable bonds is 18. The third kappa shape index (κ3) is 10.0. The molecule has 2 heterocycles. The van der Waals surface area contributed by atoms with E-state index in [1.54, 1.807) is 0 Å². The highest BCUT2D eigenvalue weighted by Crippen LogP contribution is 2.35. The Kier molecular flexibility index (Phi) is 14.0. The van der Waals surface area contributed by atoms with Crippen molar-refractivity contribution in [2.45, 2.75) is 116 Å². The lowest BCUT2D eigenvalue weighted by Crippen LogP contribution is -2.27. The van der Waals surface area contributed by atoms with Gasteiger partial charge in [0.2, 0.25) is 0 Å². The highest BCUT2D eigenvalue weighted by Gasteiger charge is 2.24. The lowest BCUT2D eigenvalue weighted by molar-refractivity contribution is -0.206. The van der Waals surface area contributed by atoms with E-state index in [1.807, 2.05) is 12.3 Å². The Morgan fingerprint density at radius 3 is 2.27 bits per heavy atom. The van der Waals surface area contributed by atoms with Gasteiger partial charge in [0.15, 0.2) is 6.29 Å². The van der Waals surface area contributed by atoms with E-state index in [-0.39, 0.29) is 6.29 Å². The molecule has 3 nitrogen and oxygen atoms in total. The lowest BCUT2D eigenvalue weighted by atomic mass is 9.86. The summed E-state index contributed by atoms with van der Waals surface area (Å²) in [7, 11) is 0. The number of unbranched alkanes of at least 4 members (excludes halogenated alkanes) is 8. The summed E-state index contributed by atoms with van der Waals surface area (Å²) in [6.07, 6.45) is 21.6. The Morgan fingerprint density at radius 1 is 0.865 bits per heavy atom. The van der Waals surface area contributed by atoms with Gasteiger partial charge in [0.05, 0.1) is 18.9 Å². The van der Waals surface area contributed by atoms with Crippen LogP contribution in [0.4, 0.5) is 0 Å². The summed E-state index contributed by atoms with van der Waals surface area (Å²) in [5.74, 6) is 1.12. The second kappa shape index (κ2) is 17.5. The number of hydrogen-bond donors (Lipinski definition) is 0. The molecule has 0 saturated carbocycles. The van der Waals surface area contributed by atoms with Crippen LogP contribution < -0.4 is 0 Å². The van der Waals surface area contributed by atoms with Gasteiger partial charge in [-0.15, -0.1) is 6.58 Å². The molecule has 1 aliphatic heterocycles. The Hall–Kier alpha value is -1.97. The Morgan fingerprint density at radius 2 is 1.59 bits per heavy atom. The minimum atomic E-state index is -0.291. The van der Waals surface area contributed by atoms with Gasteiger partial charge in [-0.1, -0.05) is 108 Å². The lowest BCUT2D eigenvalue weighted by Gasteiger charge is -2.29. The molecule has 1 fully saturated rings. The zero-order valence-corrected chi connectivity index (χ0v) is 23.6. The molecular weight excluding hydrogens is 454 g/mol. The first-order chi connectivity index (χ1) is 18.3. The molecule has 37 heavy (non-hydrogen) atoms. The van der Waals surface area contributed by atoms with Gasteiger partial charge in [0.25, 0.3) is 0 Å². The fourth-order valence-electron chi connectivity index (χ4n) is 5.55. The fourth-order valence-corrected chi connectivity index (χ4v) is 5.55. The first kappa shape index (κ1) is 29.6. The number of pyridine rings is 1. The Bertz CT molecular complexity index is 870. The number of nitrogens with zero attached hydrogens (tertiary/aromatic N) is 1. The van der Waals surface area contributed by atoms with Crippen molar-refractivity contribution in [2.75, 3.05) is 13.2 Å². The summed E-state index contributed by atoms with van der Waals surface area (Å²) < 4.78 is 12.2. The molecule has 0 aliphatic carbocycles. The minimum Gasteiger partial charge on any atom is -0.348 e. The van der Waals surface area contributed by atoms with Gasteiger partial charge >= 0.3 is 0 Å². The van der Waals surface area contributed by atoms with Crippen molar-refractivity contribution in [3.05, 3.63) is 66.4 Å². The van der Waals surface area contributed by atoms with Crippen molar-refractivity contribution in [3.8, 4) is 11.3 Å². The van der Waals surface area contributed by atoms with E-state index in [0.29, 0.717) is 11.8 Å². The van der Waals surface area contributed by atoms with Gasteiger partial charge in [-0.05, 0) is 49.7 Å². The van der Waals surface area contributed by atoms with Crippen LogP contribution in [0.5, 0.6) is 0 Å². The van der Waals surface area contributed by atoms with Crippen LogP contribution in [-0.2, 0) is 9.47 Å². The number of allylic oxidation sites excluding steroid dienone is 1. The highest BCUT2D eigenvalue weighted by atomic mass is 16.7. The number of hydrogen-bond acceptors (Lipinski definition) is 3. The maximum atomic E-state index is 6.12. The quantitative estimate of drug-likeness (QED) is 0.149. The first-order valence-electron chi connectivity index (χ1n) is 15.2. The van der Waals surface area contributed by atoms with E-state index in [1.165, 1.54) is 94.6 Å². The van der Waals surface area contributed by atoms with Gasteiger partial charge in [-0.3, -0.25) is 4.98 Å². The molecule has 204 valence electrons. The van der Waals surface area contributed by atoms with Crippen LogP contribution in [0.3, 0.4) is 0 Å².